The van der Waals surface area contributed by atoms with Crippen LogP contribution >= 0.6 is 11.6 Å². The summed E-state index contributed by atoms with van der Waals surface area (Å²) in [6, 6.07) is 13.2. The molecule has 0 heterocycles. The first kappa shape index (κ1) is 17.3. The van der Waals surface area contributed by atoms with Crippen molar-refractivity contribution in [3.05, 3.63) is 64.7 Å². The fourth-order valence-corrected chi connectivity index (χ4v) is 2.57. The van der Waals surface area contributed by atoms with Crippen LogP contribution in [0.1, 0.15) is 35.9 Å². The Kier molecular flexibility index (Phi) is 5.64. The maximum Gasteiger partial charge on any atom is 0.255 e. The summed E-state index contributed by atoms with van der Waals surface area (Å²) in [5.74, 6) is -0.738. The van der Waals surface area contributed by atoms with Gasteiger partial charge in [0.2, 0.25) is 0 Å². The lowest BCUT2D eigenvalue weighted by Gasteiger charge is -2.28. The smallest absolute Gasteiger partial charge is 0.255 e. The average Bonchev–Trinajstić information content (AvgIpc) is 2.55. The molecule has 2 unspecified atom stereocenters. The number of aliphatic hydroxyl groups is 1. The Bertz CT molecular complexity index is 673. The van der Waals surface area contributed by atoms with Crippen LogP contribution < -0.4 is 5.32 Å². The summed E-state index contributed by atoms with van der Waals surface area (Å²) in [6.45, 7) is 3.82. The number of halogens is 1. The molecule has 0 aliphatic rings. The second-order valence-corrected chi connectivity index (χ2v) is 6.14. The fourth-order valence-electron chi connectivity index (χ4n) is 2.40. The van der Waals surface area contributed by atoms with E-state index in [1.165, 1.54) is 12.1 Å². The van der Waals surface area contributed by atoms with Gasteiger partial charge >= 0.3 is 0 Å². The van der Waals surface area contributed by atoms with Crippen molar-refractivity contribution in [2.24, 2.45) is 5.92 Å². The number of rotatable bonds is 5. The zero-order valence-electron chi connectivity index (χ0n) is 13.0. The molecule has 0 bridgehead atoms. The molecule has 5 heteroatoms. The third-order valence-electron chi connectivity index (χ3n) is 3.73. The topological polar surface area (TPSA) is 69.6 Å². The van der Waals surface area contributed by atoms with Gasteiger partial charge in [-0.3, -0.25) is 4.79 Å². The number of carbonyl (C=O) groups excluding carboxylic acids is 1. The van der Waals surface area contributed by atoms with Crippen LogP contribution in [0.3, 0.4) is 0 Å². The summed E-state index contributed by atoms with van der Waals surface area (Å²) in [7, 11) is 0. The lowest BCUT2D eigenvalue weighted by Crippen LogP contribution is -2.43. The van der Waals surface area contributed by atoms with E-state index >= 15 is 0 Å². The Hall–Kier alpha value is -2.04. The van der Waals surface area contributed by atoms with E-state index in [2.05, 4.69) is 5.32 Å². The second-order valence-electron chi connectivity index (χ2n) is 5.73. The number of phenolic OH excluding ortho intramolecular Hbond substituents is 1. The Morgan fingerprint density at radius 1 is 1.09 bits per heavy atom. The van der Waals surface area contributed by atoms with Crippen molar-refractivity contribution in [3.8, 4) is 5.75 Å². The number of hydrogen-bond acceptors (Lipinski definition) is 3. The van der Waals surface area contributed by atoms with E-state index in [4.69, 9.17) is 11.6 Å². The molecule has 0 spiro atoms. The summed E-state index contributed by atoms with van der Waals surface area (Å²) in [4.78, 5) is 12.4. The van der Waals surface area contributed by atoms with E-state index < -0.39 is 18.1 Å². The van der Waals surface area contributed by atoms with Crippen molar-refractivity contribution in [2.75, 3.05) is 0 Å². The predicted molar refractivity (Wildman–Crippen MR) is 90.6 cm³/mol. The molecule has 0 saturated heterocycles. The Morgan fingerprint density at radius 2 is 1.74 bits per heavy atom. The molecule has 122 valence electrons. The van der Waals surface area contributed by atoms with Crippen LogP contribution in [0.15, 0.2) is 48.5 Å². The zero-order valence-corrected chi connectivity index (χ0v) is 13.8. The molecule has 0 saturated carbocycles. The van der Waals surface area contributed by atoms with Crippen molar-refractivity contribution >= 4 is 17.5 Å². The number of carbonyl (C=O) groups is 1. The summed E-state index contributed by atoms with van der Waals surface area (Å²) < 4.78 is 0. The standard InChI is InChI=1S/C18H20ClNO3/c1-11(2)15(16(21)12-7-4-3-5-8-12)20-18(23)13-9-6-10-14(19)17(13)22/h3-11,15-16,21-22H,1-2H3,(H,20,23). The number of hydrogen-bond donors (Lipinski definition) is 3. The molecule has 23 heavy (non-hydrogen) atoms. The van der Waals surface area contributed by atoms with E-state index in [1.54, 1.807) is 6.07 Å². The van der Waals surface area contributed by atoms with Gasteiger partial charge in [0.1, 0.15) is 5.75 Å². The minimum absolute atomic E-state index is 0.00418. The number of nitrogens with one attached hydrogen (secondary N) is 1. The van der Waals surface area contributed by atoms with E-state index in [-0.39, 0.29) is 22.3 Å². The van der Waals surface area contributed by atoms with E-state index in [9.17, 15) is 15.0 Å². The Balaban J connectivity index is 2.23. The van der Waals surface area contributed by atoms with Gasteiger partial charge in [-0.15, -0.1) is 0 Å². The molecular weight excluding hydrogens is 314 g/mol. The van der Waals surface area contributed by atoms with Gasteiger partial charge in [0, 0.05) is 0 Å². The highest BCUT2D eigenvalue weighted by atomic mass is 35.5. The molecule has 4 nitrogen and oxygen atoms in total. The van der Waals surface area contributed by atoms with Crippen molar-refractivity contribution in [3.63, 3.8) is 0 Å². The third-order valence-corrected chi connectivity index (χ3v) is 4.03. The average molecular weight is 334 g/mol. The van der Waals surface area contributed by atoms with E-state index in [0.29, 0.717) is 0 Å². The highest BCUT2D eigenvalue weighted by Crippen LogP contribution is 2.28. The highest BCUT2D eigenvalue weighted by Gasteiger charge is 2.27. The highest BCUT2D eigenvalue weighted by molar-refractivity contribution is 6.32. The van der Waals surface area contributed by atoms with Gasteiger partial charge < -0.3 is 15.5 Å². The Morgan fingerprint density at radius 3 is 2.35 bits per heavy atom. The van der Waals surface area contributed by atoms with Crippen molar-refractivity contribution < 1.29 is 15.0 Å². The monoisotopic (exact) mass is 333 g/mol. The van der Waals surface area contributed by atoms with E-state index in [0.717, 1.165) is 5.56 Å². The first-order valence-electron chi connectivity index (χ1n) is 7.43. The lowest BCUT2D eigenvalue weighted by molar-refractivity contribution is 0.0757. The molecule has 2 rings (SSSR count). The zero-order chi connectivity index (χ0) is 17.0. The molecule has 2 atom stereocenters. The first-order valence-corrected chi connectivity index (χ1v) is 7.81. The first-order chi connectivity index (χ1) is 10.9. The molecule has 1 amide bonds. The van der Waals surface area contributed by atoms with Crippen LogP contribution in [-0.2, 0) is 0 Å². The van der Waals surface area contributed by atoms with Gasteiger partial charge in [-0.2, -0.15) is 0 Å². The summed E-state index contributed by atoms with van der Waals surface area (Å²) in [5, 5.41) is 23.4. The van der Waals surface area contributed by atoms with Gasteiger partial charge in [0.15, 0.2) is 0 Å². The van der Waals surface area contributed by atoms with Gasteiger partial charge in [-0.1, -0.05) is 61.8 Å². The number of phenols is 1. The minimum Gasteiger partial charge on any atom is -0.506 e. The number of para-hydroxylation sites is 1. The molecule has 0 aromatic heterocycles. The van der Waals surface area contributed by atoms with Crippen molar-refractivity contribution in [1.82, 2.24) is 5.32 Å². The molecule has 0 aliphatic carbocycles. The number of amides is 1. The minimum atomic E-state index is -0.846. The maximum atomic E-state index is 12.4. The van der Waals surface area contributed by atoms with Gasteiger partial charge in [0.05, 0.1) is 22.7 Å². The molecule has 2 aromatic carbocycles. The number of benzene rings is 2. The van der Waals surface area contributed by atoms with Crippen LogP contribution in [0.25, 0.3) is 0 Å². The lowest BCUT2D eigenvalue weighted by atomic mass is 9.93. The summed E-state index contributed by atoms with van der Waals surface area (Å²) >= 11 is 5.84. The van der Waals surface area contributed by atoms with Crippen LogP contribution in [0.2, 0.25) is 5.02 Å². The number of aromatic hydroxyl groups is 1. The van der Waals surface area contributed by atoms with Crippen LogP contribution in [-0.4, -0.2) is 22.2 Å². The third kappa shape index (κ3) is 4.03. The fraction of sp³-hybridized carbons (Fsp3) is 0.278. The normalized spacial score (nSPS) is 13.6. The maximum absolute atomic E-state index is 12.4. The molecular formula is C18H20ClNO3. The van der Waals surface area contributed by atoms with Gasteiger partial charge in [-0.25, -0.2) is 0 Å². The molecule has 0 aliphatic heterocycles. The van der Waals surface area contributed by atoms with Gasteiger partial charge in [-0.05, 0) is 23.6 Å². The quantitative estimate of drug-likeness (QED) is 0.784. The molecule has 3 N–H and O–H groups in total. The van der Waals surface area contributed by atoms with Crippen LogP contribution in [0.5, 0.6) is 5.75 Å². The Labute approximate surface area is 140 Å². The predicted octanol–water partition coefficient (Wildman–Crippen LogP) is 3.53. The van der Waals surface area contributed by atoms with Crippen molar-refractivity contribution in [1.29, 1.82) is 0 Å². The van der Waals surface area contributed by atoms with Crippen molar-refractivity contribution in [2.45, 2.75) is 26.0 Å². The SMILES string of the molecule is CC(C)C(NC(=O)c1cccc(Cl)c1O)C(O)c1ccccc1. The van der Waals surface area contributed by atoms with Crippen LogP contribution in [0.4, 0.5) is 0 Å². The summed E-state index contributed by atoms with van der Waals surface area (Å²) in [6.07, 6.45) is -0.846. The van der Waals surface area contributed by atoms with E-state index in [1.807, 2.05) is 44.2 Å². The number of aliphatic hydroxyl groups excluding tert-OH is 1. The molecule has 0 radical (unpaired) electrons. The van der Waals surface area contributed by atoms with Gasteiger partial charge in [0.25, 0.3) is 5.91 Å². The van der Waals surface area contributed by atoms with Crippen LogP contribution in [0, 0.1) is 5.92 Å². The summed E-state index contributed by atoms with van der Waals surface area (Å²) in [5.41, 5.74) is 0.810. The molecule has 2 aromatic rings. The second kappa shape index (κ2) is 7.49. The molecule has 0 fully saturated rings. The largest absolute Gasteiger partial charge is 0.506 e.